The number of methoxy groups -OCH3 is 1. The Bertz CT molecular complexity index is 997. The molecule has 0 saturated carbocycles. The lowest BCUT2D eigenvalue weighted by atomic mass is 10.2. The maximum absolute atomic E-state index is 12.7. The number of nitrogens with zero attached hydrogens (tertiary/aromatic N) is 5. The van der Waals surface area contributed by atoms with Gasteiger partial charge in [0, 0.05) is 31.9 Å². The summed E-state index contributed by atoms with van der Waals surface area (Å²) < 4.78 is 7.16. The van der Waals surface area contributed by atoms with Gasteiger partial charge in [0.05, 0.1) is 18.6 Å². The SMILES string of the molecule is COc1ccc(N2CCN(C(=O)CSc3nncn3-c3ccccc3C)CC2)cc1. The van der Waals surface area contributed by atoms with E-state index in [9.17, 15) is 4.79 Å². The molecule has 8 heteroatoms. The van der Waals surface area contributed by atoms with Crippen LogP contribution in [0.4, 0.5) is 5.69 Å². The number of thioether (sulfide) groups is 1. The van der Waals surface area contributed by atoms with E-state index in [-0.39, 0.29) is 5.91 Å². The van der Waals surface area contributed by atoms with E-state index in [1.807, 2.05) is 39.8 Å². The van der Waals surface area contributed by atoms with Crippen molar-refractivity contribution in [1.82, 2.24) is 19.7 Å². The second kappa shape index (κ2) is 9.21. The van der Waals surface area contributed by atoms with Gasteiger partial charge < -0.3 is 14.5 Å². The Morgan fingerprint density at radius 3 is 2.50 bits per heavy atom. The number of piperazine rings is 1. The fraction of sp³-hybridized carbons (Fsp3) is 0.318. The number of rotatable bonds is 6. The fourth-order valence-corrected chi connectivity index (χ4v) is 4.37. The summed E-state index contributed by atoms with van der Waals surface area (Å²) in [7, 11) is 1.67. The van der Waals surface area contributed by atoms with E-state index in [2.05, 4.69) is 40.2 Å². The van der Waals surface area contributed by atoms with Gasteiger partial charge in [-0.15, -0.1) is 10.2 Å². The normalized spacial score (nSPS) is 14.1. The molecule has 0 unspecified atom stereocenters. The van der Waals surface area contributed by atoms with Gasteiger partial charge in [0.25, 0.3) is 0 Å². The molecule has 0 radical (unpaired) electrons. The zero-order valence-electron chi connectivity index (χ0n) is 17.2. The highest BCUT2D eigenvalue weighted by Gasteiger charge is 2.22. The molecule has 0 bridgehead atoms. The molecular formula is C22H25N5O2S. The molecule has 1 saturated heterocycles. The molecule has 1 aromatic heterocycles. The number of ether oxygens (including phenoxy) is 1. The largest absolute Gasteiger partial charge is 0.497 e. The summed E-state index contributed by atoms with van der Waals surface area (Å²) in [5, 5.41) is 8.97. The van der Waals surface area contributed by atoms with Gasteiger partial charge in [0.15, 0.2) is 5.16 Å². The van der Waals surface area contributed by atoms with Gasteiger partial charge in [0.1, 0.15) is 12.1 Å². The van der Waals surface area contributed by atoms with E-state index in [1.165, 1.54) is 11.8 Å². The van der Waals surface area contributed by atoms with Gasteiger partial charge in [0.2, 0.25) is 5.91 Å². The standard InChI is InChI=1S/C22H25N5O2S/c1-17-5-3-4-6-20(17)27-16-23-24-22(27)30-15-21(28)26-13-11-25(12-14-26)18-7-9-19(29-2)10-8-18/h3-10,16H,11-15H2,1-2H3. The lowest BCUT2D eigenvalue weighted by Gasteiger charge is -2.36. The van der Waals surface area contributed by atoms with E-state index in [4.69, 9.17) is 4.74 Å². The predicted molar refractivity (Wildman–Crippen MR) is 119 cm³/mol. The number of anilines is 1. The molecule has 1 aliphatic heterocycles. The van der Waals surface area contributed by atoms with E-state index in [1.54, 1.807) is 13.4 Å². The topological polar surface area (TPSA) is 63.5 Å². The Labute approximate surface area is 180 Å². The van der Waals surface area contributed by atoms with Crippen molar-refractivity contribution in [2.75, 3.05) is 43.9 Å². The molecule has 0 atom stereocenters. The summed E-state index contributed by atoms with van der Waals surface area (Å²) in [6.07, 6.45) is 1.70. The molecule has 3 aromatic rings. The Kier molecular flexibility index (Phi) is 6.23. The van der Waals surface area contributed by atoms with Crippen molar-refractivity contribution < 1.29 is 9.53 Å². The van der Waals surface area contributed by atoms with Gasteiger partial charge >= 0.3 is 0 Å². The monoisotopic (exact) mass is 423 g/mol. The molecule has 1 aliphatic rings. The first-order valence-corrected chi connectivity index (χ1v) is 10.9. The first kappa shape index (κ1) is 20.3. The van der Waals surface area contributed by atoms with Crippen LogP contribution in [0.15, 0.2) is 60.0 Å². The number of aromatic nitrogens is 3. The van der Waals surface area contributed by atoms with E-state index >= 15 is 0 Å². The van der Waals surface area contributed by atoms with Crippen molar-refractivity contribution in [3.63, 3.8) is 0 Å². The van der Waals surface area contributed by atoms with Crippen molar-refractivity contribution in [1.29, 1.82) is 0 Å². The van der Waals surface area contributed by atoms with E-state index in [0.29, 0.717) is 5.75 Å². The number of amides is 1. The van der Waals surface area contributed by atoms with Crippen molar-refractivity contribution in [2.24, 2.45) is 0 Å². The third-order valence-electron chi connectivity index (χ3n) is 5.29. The van der Waals surface area contributed by atoms with Crippen LogP contribution in [-0.4, -0.2) is 64.6 Å². The van der Waals surface area contributed by atoms with Crippen LogP contribution in [0, 0.1) is 6.92 Å². The summed E-state index contributed by atoms with van der Waals surface area (Å²) in [6.45, 7) is 5.13. The highest BCUT2D eigenvalue weighted by Crippen LogP contribution is 2.23. The number of carbonyl (C=O) groups excluding carboxylic acids is 1. The predicted octanol–water partition coefficient (Wildman–Crippen LogP) is 3.03. The minimum atomic E-state index is 0.133. The Hall–Kier alpha value is -3.00. The molecule has 30 heavy (non-hydrogen) atoms. The van der Waals surface area contributed by atoms with Gasteiger partial charge in [-0.25, -0.2) is 0 Å². The molecule has 0 N–H and O–H groups in total. The van der Waals surface area contributed by atoms with Crippen LogP contribution >= 0.6 is 11.8 Å². The summed E-state index contributed by atoms with van der Waals surface area (Å²) in [4.78, 5) is 17.0. The second-order valence-corrected chi connectivity index (χ2v) is 8.07. The summed E-state index contributed by atoms with van der Waals surface area (Å²) >= 11 is 1.43. The van der Waals surface area contributed by atoms with Crippen molar-refractivity contribution in [2.45, 2.75) is 12.1 Å². The highest BCUT2D eigenvalue weighted by molar-refractivity contribution is 7.99. The van der Waals surface area contributed by atoms with E-state index < -0.39 is 0 Å². The molecule has 1 fully saturated rings. The van der Waals surface area contributed by atoms with Crippen molar-refractivity contribution in [3.8, 4) is 11.4 Å². The number of hydrogen-bond donors (Lipinski definition) is 0. The molecule has 2 heterocycles. The maximum atomic E-state index is 12.7. The van der Waals surface area contributed by atoms with Crippen LogP contribution in [0.1, 0.15) is 5.56 Å². The number of hydrogen-bond acceptors (Lipinski definition) is 6. The van der Waals surface area contributed by atoms with Gasteiger partial charge in [-0.05, 0) is 42.8 Å². The quantitative estimate of drug-likeness (QED) is 0.568. The number of carbonyl (C=O) groups is 1. The van der Waals surface area contributed by atoms with Gasteiger partial charge in [-0.1, -0.05) is 30.0 Å². The van der Waals surface area contributed by atoms with E-state index in [0.717, 1.165) is 54.0 Å². The van der Waals surface area contributed by atoms with Crippen LogP contribution < -0.4 is 9.64 Å². The molecule has 156 valence electrons. The Balaban J connectivity index is 1.32. The van der Waals surface area contributed by atoms with Crippen molar-refractivity contribution in [3.05, 3.63) is 60.4 Å². The first-order valence-electron chi connectivity index (χ1n) is 9.91. The third-order valence-corrected chi connectivity index (χ3v) is 6.21. The molecule has 0 aliphatic carbocycles. The first-order chi connectivity index (χ1) is 14.7. The number of aryl methyl sites for hydroxylation is 1. The maximum Gasteiger partial charge on any atom is 0.233 e. The zero-order valence-corrected chi connectivity index (χ0v) is 18.0. The molecular weight excluding hydrogens is 398 g/mol. The minimum Gasteiger partial charge on any atom is -0.497 e. The summed E-state index contributed by atoms with van der Waals surface area (Å²) in [5.41, 5.74) is 3.33. The fourth-order valence-electron chi connectivity index (χ4n) is 3.55. The zero-order chi connectivity index (χ0) is 20.9. The lowest BCUT2D eigenvalue weighted by molar-refractivity contribution is -0.128. The highest BCUT2D eigenvalue weighted by atomic mass is 32.2. The van der Waals surface area contributed by atoms with Crippen LogP contribution in [0.5, 0.6) is 5.75 Å². The summed E-state index contributed by atoms with van der Waals surface area (Å²) in [6, 6.07) is 16.1. The number of benzene rings is 2. The summed E-state index contributed by atoms with van der Waals surface area (Å²) in [5.74, 6) is 1.34. The lowest BCUT2D eigenvalue weighted by Crippen LogP contribution is -2.49. The van der Waals surface area contributed by atoms with Crippen LogP contribution in [0.3, 0.4) is 0 Å². The Morgan fingerprint density at radius 2 is 1.80 bits per heavy atom. The smallest absolute Gasteiger partial charge is 0.233 e. The molecule has 2 aromatic carbocycles. The van der Waals surface area contributed by atoms with Gasteiger partial charge in [-0.3, -0.25) is 9.36 Å². The van der Waals surface area contributed by atoms with Crippen LogP contribution in [0.2, 0.25) is 0 Å². The second-order valence-electron chi connectivity index (χ2n) is 7.12. The third kappa shape index (κ3) is 4.43. The van der Waals surface area contributed by atoms with Crippen LogP contribution in [-0.2, 0) is 4.79 Å². The van der Waals surface area contributed by atoms with Gasteiger partial charge in [-0.2, -0.15) is 0 Å². The molecule has 1 amide bonds. The average Bonchev–Trinajstić information content (AvgIpc) is 3.26. The molecule has 0 spiro atoms. The molecule has 7 nitrogen and oxygen atoms in total. The molecule has 4 rings (SSSR count). The van der Waals surface area contributed by atoms with Crippen molar-refractivity contribution >= 4 is 23.4 Å². The average molecular weight is 424 g/mol. The Morgan fingerprint density at radius 1 is 1.07 bits per heavy atom. The van der Waals surface area contributed by atoms with Crippen LogP contribution in [0.25, 0.3) is 5.69 Å². The minimum absolute atomic E-state index is 0.133. The number of para-hydroxylation sites is 1.